The van der Waals surface area contributed by atoms with Gasteiger partial charge in [0.15, 0.2) is 0 Å². The molecule has 0 spiro atoms. The molecule has 0 saturated heterocycles. The second-order valence-electron chi connectivity index (χ2n) is 5.88. The van der Waals surface area contributed by atoms with Crippen molar-refractivity contribution in [2.24, 2.45) is 0 Å². The molecular weight excluding hydrogens is 222 g/mol. The van der Waals surface area contributed by atoms with Gasteiger partial charge in [-0.05, 0) is 60.8 Å². The first-order chi connectivity index (χ1) is 8.42. The van der Waals surface area contributed by atoms with Crippen molar-refractivity contribution in [1.82, 2.24) is 15.1 Å². The van der Waals surface area contributed by atoms with Crippen LogP contribution in [-0.4, -0.2) is 61.7 Å². The van der Waals surface area contributed by atoms with Crippen molar-refractivity contribution >= 4 is 0 Å². The summed E-state index contributed by atoms with van der Waals surface area (Å²) >= 11 is 0. The SMILES string of the molecule is CCCNC(C)CC(C)N(CC)C(C)CN(C)C. The van der Waals surface area contributed by atoms with Crippen LogP contribution in [0.25, 0.3) is 0 Å². The Morgan fingerprint density at radius 1 is 1.00 bits per heavy atom. The summed E-state index contributed by atoms with van der Waals surface area (Å²) in [4.78, 5) is 4.89. The monoisotopic (exact) mass is 257 g/mol. The number of hydrogen-bond donors (Lipinski definition) is 1. The van der Waals surface area contributed by atoms with E-state index in [-0.39, 0.29) is 0 Å². The standard InChI is InChI=1S/C15H35N3/c1-8-10-16-13(3)11-14(4)18(9-2)15(5)12-17(6)7/h13-16H,8-12H2,1-7H3. The molecule has 0 aliphatic carbocycles. The van der Waals surface area contributed by atoms with Crippen LogP contribution in [0.1, 0.15) is 47.5 Å². The van der Waals surface area contributed by atoms with Gasteiger partial charge in [0.05, 0.1) is 0 Å². The Bertz CT molecular complexity index is 194. The van der Waals surface area contributed by atoms with Crippen molar-refractivity contribution in [3.63, 3.8) is 0 Å². The quantitative estimate of drug-likeness (QED) is 0.648. The normalized spacial score (nSPS) is 17.2. The van der Waals surface area contributed by atoms with Crippen molar-refractivity contribution in [3.8, 4) is 0 Å². The largest absolute Gasteiger partial charge is 0.314 e. The Hall–Kier alpha value is -0.120. The Labute approximate surface area is 115 Å². The van der Waals surface area contributed by atoms with Gasteiger partial charge in [0.1, 0.15) is 0 Å². The fourth-order valence-electron chi connectivity index (χ4n) is 2.81. The van der Waals surface area contributed by atoms with Gasteiger partial charge in [0.2, 0.25) is 0 Å². The summed E-state index contributed by atoms with van der Waals surface area (Å²) in [6.07, 6.45) is 2.44. The van der Waals surface area contributed by atoms with Gasteiger partial charge in [-0.3, -0.25) is 4.90 Å². The lowest BCUT2D eigenvalue weighted by atomic mass is 10.1. The highest BCUT2D eigenvalue weighted by Crippen LogP contribution is 2.11. The molecule has 3 nitrogen and oxygen atoms in total. The number of hydrogen-bond acceptors (Lipinski definition) is 3. The van der Waals surface area contributed by atoms with E-state index in [2.05, 4.69) is 63.8 Å². The molecule has 0 rings (SSSR count). The molecule has 0 aromatic heterocycles. The topological polar surface area (TPSA) is 18.5 Å². The molecule has 0 aromatic carbocycles. The van der Waals surface area contributed by atoms with Gasteiger partial charge in [-0.1, -0.05) is 13.8 Å². The fourth-order valence-corrected chi connectivity index (χ4v) is 2.81. The zero-order chi connectivity index (χ0) is 14.1. The Morgan fingerprint density at radius 3 is 2.06 bits per heavy atom. The summed E-state index contributed by atoms with van der Waals surface area (Å²) in [5.74, 6) is 0. The summed E-state index contributed by atoms with van der Waals surface area (Å²) < 4.78 is 0. The van der Waals surface area contributed by atoms with Crippen LogP contribution in [0.4, 0.5) is 0 Å². The van der Waals surface area contributed by atoms with Crippen LogP contribution >= 0.6 is 0 Å². The predicted octanol–water partition coefficient (Wildman–Crippen LogP) is 2.43. The van der Waals surface area contributed by atoms with E-state index in [1.165, 1.54) is 12.8 Å². The second-order valence-corrected chi connectivity index (χ2v) is 5.88. The van der Waals surface area contributed by atoms with E-state index in [1.807, 2.05) is 0 Å². The average Bonchev–Trinajstić information content (AvgIpc) is 2.26. The molecule has 0 heterocycles. The molecule has 0 saturated carbocycles. The Balaban J connectivity index is 4.20. The molecule has 0 aromatic rings. The molecule has 3 heteroatoms. The number of likely N-dealkylation sites (N-methyl/N-ethyl adjacent to an activating group) is 2. The highest BCUT2D eigenvalue weighted by molar-refractivity contribution is 4.77. The second kappa shape index (κ2) is 9.76. The van der Waals surface area contributed by atoms with E-state index in [1.54, 1.807) is 0 Å². The third-order valence-corrected chi connectivity index (χ3v) is 3.56. The third-order valence-electron chi connectivity index (χ3n) is 3.56. The number of nitrogens with zero attached hydrogens (tertiary/aromatic N) is 2. The van der Waals surface area contributed by atoms with Crippen molar-refractivity contribution in [3.05, 3.63) is 0 Å². The van der Waals surface area contributed by atoms with Gasteiger partial charge in [0.25, 0.3) is 0 Å². The summed E-state index contributed by atoms with van der Waals surface area (Å²) in [5.41, 5.74) is 0. The van der Waals surface area contributed by atoms with Gasteiger partial charge in [-0.25, -0.2) is 0 Å². The molecular formula is C15H35N3. The van der Waals surface area contributed by atoms with Crippen LogP contribution in [0.15, 0.2) is 0 Å². The van der Waals surface area contributed by atoms with Crippen molar-refractivity contribution in [2.45, 2.75) is 65.6 Å². The first-order valence-electron chi connectivity index (χ1n) is 7.56. The molecule has 1 N–H and O–H groups in total. The molecule has 0 aliphatic rings. The van der Waals surface area contributed by atoms with E-state index in [0.717, 1.165) is 19.6 Å². The van der Waals surface area contributed by atoms with Crippen molar-refractivity contribution < 1.29 is 0 Å². The average molecular weight is 257 g/mol. The van der Waals surface area contributed by atoms with Crippen LogP contribution in [0, 0.1) is 0 Å². The van der Waals surface area contributed by atoms with E-state index in [4.69, 9.17) is 0 Å². The zero-order valence-corrected chi connectivity index (χ0v) is 13.7. The third kappa shape index (κ3) is 7.34. The smallest absolute Gasteiger partial charge is 0.0197 e. The number of nitrogens with one attached hydrogen (secondary N) is 1. The van der Waals surface area contributed by atoms with Crippen LogP contribution in [0.2, 0.25) is 0 Å². The Kier molecular flexibility index (Phi) is 9.70. The van der Waals surface area contributed by atoms with E-state index in [9.17, 15) is 0 Å². The molecule has 110 valence electrons. The molecule has 0 bridgehead atoms. The maximum absolute atomic E-state index is 3.58. The van der Waals surface area contributed by atoms with E-state index in [0.29, 0.717) is 18.1 Å². The van der Waals surface area contributed by atoms with Crippen LogP contribution in [-0.2, 0) is 0 Å². The van der Waals surface area contributed by atoms with Gasteiger partial charge in [-0.15, -0.1) is 0 Å². The lowest BCUT2D eigenvalue weighted by Crippen LogP contribution is -2.47. The minimum atomic E-state index is 0.612. The number of rotatable bonds is 10. The molecule has 3 atom stereocenters. The molecule has 0 aliphatic heterocycles. The fraction of sp³-hybridized carbons (Fsp3) is 1.00. The van der Waals surface area contributed by atoms with Crippen LogP contribution < -0.4 is 5.32 Å². The first-order valence-corrected chi connectivity index (χ1v) is 7.56. The lowest BCUT2D eigenvalue weighted by Gasteiger charge is -2.36. The molecule has 3 unspecified atom stereocenters. The molecule has 0 radical (unpaired) electrons. The van der Waals surface area contributed by atoms with Gasteiger partial charge in [-0.2, -0.15) is 0 Å². The van der Waals surface area contributed by atoms with Crippen molar-refractivity contribution in [1.29, 1.82) is 0 Å². The minimum Gasteiger partial charge on any atom is -0.314 e. The minimum absolute atomic E-state index is 0.612. The van der Waals surface area contributed by atoms with Gasteiger partial charge in [0, 0.05) is 24.7 Å². The molecule has 18 heavy (non-hydrogen) atoms. The summed E-state index contributed by atoms with van der Waals surface area (Å²) in [5, 5.41) is 3.58. The van der Waals surface area contributed by atoms with Gasteiger partial charge < -0.3 is 10.2 Å². The predicted molar refractivity (Wildman–Crippen MR) is 82.2 cm³/mol. The van der Waals surface area contributed by atoms with E-state index < -0.39 is 0 Å². The van der Waals surface area contributed by atoms with Crippen LogP contribution in [0.3, 0.4) is 0 Å². The van der Waals surface area contributed by atoms with Gasteiger partial charge >= 0.3 is 0 Å². The first kappa shape index (κ1) is 17.9. The molecule has 0 fully saturated rings. The van der Waals surface area contributed by atoms with Crippen LogP contribution in [0.5, 0.6) is 0 Å². The highest BCUT2D eigenvalue weighted by atomic mass is 15.2. The highest BCUT2D eigenvalue weighted by Gasteiger charge is 2.20. The van der Waals surface area contributed by atoms with Crippen molar-refractivity contribution in [2.75, 3.05) is 33.7 Å². The summed E-state index contributed by atoms with van der Waals surface area (Å²) in [7, 11) is 4.31. The maximum Gasteiger partial charge on any atom is 0.0197 e. The molecule has 0 amide bonds. The lowest BCUT2D eigenvalue weighted by molar-refractivity contribution is 0.125. The van der Waals surface area contributed by atoms with E-state index >= 15 is 0 Å². The maximum atomic E-state index is 3.58. The summed E-state index contributed by atoms with van der Waals surface area (Å²) in [6, 6.07) is 1.88. The zero-order valence-electron chi connectivity index (χ0n) is 13.7. The summed E-state index contributed by atoms with van der Waals surface area (Å²) in [6.45, 7) is 14.9. The Morgan fingerprint density at radius 2 is 1.61 bits per heavy atom.